The average molecular weight is 437 g/mol. The molecule has 2 nitrogen and oxygen atoms in total. The maximum Gasteiger partial charge on any atom is 0.0499 e. The molecule has 1 aliphatic rings. The SMILES string of the molecule is CC1CC(C)CC(C(NN)c2cc(I)ccc2Br)C1. The lowest BCUT2D eigenvalue weighted by Gasteiger charge is -2.36. The highest BCUT2D eigenvalue weighted by molar-refractivity contribution is 14.1. The van der Waals surface area contributed by atoms with Crippen molar-refractivity contribution in [2.24, 2.45) is 23.6 Å². The smallest absolute Gasteiger partial charge is 0.0499 e. The van der Waals surface area contributed by atoms with Gasteiger partial charge in [-0.3, -0.25) is 11.3 Å². The van der Waals surface area contributed by atoms with Crippen LogP contribution in [0.25, 0.3) is 0 Å². The van der Waals surface area contributed by atoms with Gasteiger partial charge in [0.15, 0.2) is 0 Å². The van der Waals surface area contributed by atoms with E-state index in [2.05, 4.69) is 76.0 Å². The van der Waals surface area contributed by atoms with Crippen LogP contribution in [0.1, 0.15) is 44.7 Å². The average Bonchev–Trinajstić information content (AvgIpc) is 2.33. The minimum atomic E-state index is 0.245. The van der Waals surface area contributed by atoms with E-state index in [0.717, 1.165) is 16.3 Å². The molecule has 1 saturated carbocycles. The van der Waals surface area contributed by atoms with Crippen molar-refractivity contribution in [1.29, 1.82) is 0 Å². The molecule has 1 aromatic rings. The molecule has 106 valence electrons. The van der Waals surface area contributed by atoms with Gasteiger partial charge in [0.1, 0.15) is 0 Å². The molecular formula is C15H22BrIN2. The first-order chi connectivity index (χ1) is 9.01. The molecule has 0 heterocycles. The van der Waals surface area contributed by atoms with Crippen LogP contribution in [0.4, 0.5) is 0 Å². The van der Waals surface area contributed by atoms with Gasteiger partial charge in [0, 0.05) is 14.1 Å². The van der Waals surface area contributed by atoms with Gasteiger partial charge in [0.05, 0.1) is 0 Å². The van der Waals surface area contributed by atoms with Gasteiger partial charge in [-0.2, -0.15) is 0 Å². The molecule has 0 amide bonds. The Labute approximate surface area is 138 Å². The van der Waals surface area contributed by atoms with E-state index in [1.165, 1.54) is 28.4 Å². The van der Waals surface area contributed by atoms with Gasteiger partial charge in [0.25, 0.3) is 0 Å². The van der Waals surface area contributed by atoms with Crippen molar-refractivity contribution in [3.8, 4) is 0 Å². The first-order valence-electron chi connectivity index (χ1n) is 6.92. The van der Waals surface area contributed by atoms with E-state index in [4.69, 9.17) is 5.84 Å². The van der Waals surface area contributed by atoms with Crippen molar-refractivity contribution in [3.05, 3.63) is 31.8 Å². The highest BCUT2D eigenvalue weighted by Crippen LogP contribution is 2.41. The molecule has 0 radical (unpaired) electrons. The summed E-state index contributed by atoms with van der Waals surface area (Å²) < 4.78 is 2.41. The zero-order valence-corrected chi connectivity index (χ0v) is 15.2. The zero-order chi connectivity index (χ0) is 14.0. The first kappa shape index (κ1) is 15.7. The molecule has 0 bridgehead atoms. The molecule has 0 saturated heterocycles. The molecule has 1 aromatic carbocycles. The molecule has 1 aliphatic carbocycles. The molecule has 3 N–H and O–H groups in total. The number of benzene rings is 1. The van der Waals surface area contributed by atoms with Gasteiger partial charge in [0.2, 0.25) is 0 Å². The molecule has 1 fully saturated rings. The van der Waals surface area contributed by atoms with E-state index < -0.39 is 0 Å². The molecule has 0 aromatic heterocycles. The number of hydrazine groups is 1. The number of nitrogens with one attached hydrogen (secondary N) is 1. The quantitative estimate of drug-likeness (QED) is 0.411. The van der Waals surface area contributed by atoms with Crippen molar-refractivity contribution in [1.82, 2.24) is 5.43 Å². The van der Waals surface area contributed by atoms with Crippen LogP contribution in [-0.4, -0.2) is 0 Å². The Morgan fingerprint density at radius 2 is 1.89 bits per heavy atom. The van der Waals surface area contributed by atoms with Crippen molar-refractivity contribution < 1.29 is 0 Å². The van der Waals surface area contributed by atoms with Crippen molar-refractivity contribution >= 4 is 38.5 Å². The summed E-state index contributed by atoms with van der Waals surface area (Å²) in [5.41, 5.74) is 4.36. The van der Waals surface area contributed by atoms with Crippen LogP contribution in [-0.2, 0) is 0 Å². The van der Waals surface area contributed by atoms with E-state index in [-0.39, 0.29) is 6.04 Å². The minimum Gasteiger partial charge on any atom is -0.271 e. The molecule has 2 rings (SSSR count). The van der Waals surface area contributed by atoms with Crippen LogP contribution in [0.15, 0.2) is 22.7 Å². The van der Waals surface area contributed by atoms with Crippen LogP contribution in [0.3, 0.4) is 0 Å². The van der Waals surface area contributed by atoms with Crippen LogP contribution < -0.4 is 11.3 Å². The van der Waals surface area contributed by atoms with Crippen molar-refractivity contribution in [2.45, 2.75) is 39.2 Å². The second-order valence-corrected chi connectivity index (χ2v) is 8.09. The highest BCUT2D eigenvalue weighted by atomic mass is 127. The second-order valence-electron chi connectivity index (χ2n) is 5.99. The topological polar surface area (TPSA) is 38.0 Å². The summed E-state index contributed by atoms with van der Waals surface area (Å²) in [4.78, 5) is 0. The van der Waals surface area contributed by atoms with Gasteiger partial charge in [-0.05, 0) is 83.4 Å². The molecule has 0 spiro atoms. The third-order valence-corrected chi connectivity index (χ3v) is 5.55. The molecule has 3 unspecified atom stereocenters. The number of halogens is 2. The largest absolute Gasteiger partial charge is 0.271 e. The fourth-order valence-corrected chi connectivity index (χ4v) is 4.52. The van der Waals surface area contributed by atoms with Crippen molar-refractivity contribution in [3.63, 3.8) is 0 Å². The predicted molar refractivity (Wildman–Crippen MR) is 92.6 cm³/mol. The predicted octanol–water partition coefficient (Wildman–Crippen LogP) is 4.63. The third-order valence-electron chi connectivity index (χ3n) is 4.16. The van der Waals surface area contributed by atoms with E-state index in [1.54, 1.807) is 0 Å². The second kappa shape index (κ2) is 6.87. The Kier molecular flexibility index (Phi) is 5.69. The maximum absolute atomic E-state index is 5.87. The minimum absolute atomic E-state index is 0.245. The van der Waals surface area contributed by atoms with Crippen molar-refractivity contribution in [2.75, 3.05) is 0 Å². The Balaban J connectivity index is 2.26. The van der Waals surface area contributed by atoms with Crippen LogP contribution in [0, 0.1) is 21.3 Å². The standard InChI is InChI=1S/C15H22BrIN2/c1-9-5-10(2)7-11(6-9)15(19-18)13-8-12(17)3-4-14(13)16/h3-4,8-11,15,19H,5-7,18H2,1-2H3. The normalized spacial score (nSPS) is 29.2. The number of hydrogen-bond acceptors (Lipinski definition) is 2. The number of nitrogens with two attached hydrogens (primary N) is 1. The molecule has 19 heavy (non-hydrogen) atoms. The Morgan fingerprint density at radius 3 is 2.47 bits per heavy atom. The molecule has 0 aliphatic heterocycles. The maximum atomic E-state index is 5.87. The number of hydrogen-bond donors (Lipinski definition) is 2. The van der Waals surface area contributed by atoms with E-state index >= 15 is 0 Å². The van der Waals surface area contributed by atoms with Crippen LogP contribution >= 0.6 is 38.5 Å². The summed E-state index contributed by atoms with van der Waals surface area (Å²) in [7, 11) is 0. The Hall–Kier alpha value is 0.350. The van der Waals surface area contributed by atoms with E-state index in [1.807, 2.05) is 0 Å². The lowest BCUT2D eigenvalue weighted by atomic mass is 9.72. The summed E-state index contributed by atoms with van der Waals surface area (Å²) in [5.74, 6) is 8.09. The fourth-order valence-electron chi connectivity index (χ4n) is 3.51. The van der Waals surface area contributed by atoms with E-state index in [9.17, 15) is 0 Å². The molecular weight excluding hydrogens is 415 g/mol. The summed E-state index contributed by atoms with van der Waals surface area (Å²) in [5, 5.41) is 0. The van der Waals surface area contributed by atoms with Gasteiger partial charge < -0.3 is 0 Å². The lowest BCUT2D eigenvalue weighted by molar-refractivity contribution is 0.176. The highest BCUT2D eigenvalue weighted by Gasteiger charge is 2.31. The van der Waals surface area contributed by atoms with Crippen LogP contribution in [0.2, 0.25) is 0 Å². The third kappa shape index (κ3) is 3.93. The van der Waals surface area contributed by atoms with Gasteiger partial charge in [-0.15, -0.1) is 0 Å². The molecule has 3 atom stereocenters. The van der Waals surface area contributed by atoms with Gasteiger partial charge in [-0.1, -0.05) is 29.8 Å². The summed E-state index contributed by atoms with van der Waals surface area (Å²) in [6.45, 7) is 4.72. The van der Waals surface area contributed by atoms with E-state index in [0.29, 0.717) is 5.92 Å². The zero-order valence-electron chi connectivity index (χ0n) is 11.5. The van der Waals surface area contributed by atoms with Gasteiger partial charge >= 0.3 is 0 Å². The lowest BCUT2D eigenvalue weighted by Crippen LogP contribution is -2.37. The fraction of sp³-hybridized carbons (Fsp3) is 0.600. The summed E-state index contributed by atoms with van der Waals surface area (Å²) in [6, 6.07) is 6.72. The summed E-state index contributed by atoms with van der Waals surface area (Å²) >= 11 is 6.03. The summed E-state index contributed by atoms with van der Waals surface area (Å²) in [6.07, 6.45) is 3.87. The Bertz CT molecular complexity index is 428. The Morgan fingerprint density at radius 1 is 1.26 bits per heavy atom. The van der Waals surface area contributed by atoms with Gasteiger partial charge in [-0.25, -0.2) is 0 Å². The first-order valence-corrected chi connectivity index (χ1v) is 8.79. The monoisotopic (exact) mass is 436 g/mol. The number of rotatable bonds is 3. The molecule has 4 heteroatoms. The van der Waals surface area contributed by atoms with Crippen LogP contribution in [0.5, 0.6) is 0 Å².